The van der Waals surface area contributed by atoms with Gasteiger partial charge in [0.25, 0.3) is 0 Å². The highest BCUT2D eigenvalue weighted by molar-refractivity contribution is 4.90. The van der Waals surface area contributed by atoms with Crippen molar-refractivity contribution in [3.63, 3.8) is 0 Å². The Kier molecular flexibility index (Phi) is 0.524. The second-order valence-electron chi connectivity index (χ2n) is 3.85. The van der Waals surface area contributed by atoms with Crippen LogP contribution >= 0.6 is 0 Å². The third-order valence-electron chi connectivity index (χ3n) is 1.68. The molecule has 0 aromatic carbocycles. The molecule has 1 heterocycles. The van der Waals surface area contributed by atoms with E-state index in [0.29, 0.717) is 4.90 Å². The van der Waals surface area contributed by atoms with Gasteiger partial charge < -0.3 is 0 Å². The average molecular weight is 179 g/mol. The van der Waals surface area contributed by atoms with Crippen LogP contribution in [-0.2, 0) is 0 Å². The van der Waals surface area contributed by atoms with E-state index in [9.17, 15) is 0 Å². The van der Waals surface area contributed by atoms with Crippen molar-refractivity contribution in [1.29, 1.82) is 0 Å². The van der Waals surface area contributed by atoms with Crippen molar-refractivity contribution in [3.05, 3.63) is 0 Å². The zero-order valence-corrected chi connectivity index (χ0v) is 7.45. The smallest absolute Gasteiger partial charge is 0.0434 e. The monoisotopic (exact) mass is 179 g/mol. The third kappa shape index (κ3) is 1.52. The molecule has 0 radical (unpaired) electrons. The first-order valence-corrected chi connectivity index (χ1v) is 3.92. The largest absolute Gasteiger partial charge is 0.298 e. The second kappa shape index (κ2) is 2.73. The van der Waals surface area contributed by atoms with Gasteiger partial charge in [0.2, 0.25) is 0 Å². The first-order chi connectivity index (χ1) is 10.1. The van der Waals surface area contributed by atoms with Gasteiger partial charge in [-0.05, 0) is 51.7 Å². The van der Waals surface area contributed by atoms with Gasteiger partial charge in [-0.1, -0.05) is 0 Å². The zero-order chi connectivity index (χ0) is 19.6. The number of likely N-dealkylation sites (tertiary alicyclic amines) is 1. The molecular weight excluding hydrogens is 146 g/mol. The van der Waals surface area contributed by atoms with Crippen molar-refractivity contribution in [3.8, 4) is 0 Å². The maximum Gasteiger partial charge on any atom is 0.0434 e. The van der Waals surface area contributed by atoms with Gasteiger partial charge in [0.1, 0.15) is 0 Å². The van der Waals surface area contributed by atoms with Crippen LogP contribution in [0.25, 0.3) is 0 Å². The number of rotatable bonds is 0. The number of piperidine rings is 1. The van der Waals surface area contributed by atoms with Crippen molar-refractivity contribution >= 4 is 0 Å². The van der Waals surface area contributed by atoms with Gasteiger partial charge in [0.15, 0.2) is 0 Å². The molecule has 1 aliphatic carbocycles. The lowest BCUT2D eigenvalue weighted by atomic mass is 9.94. The summed E-state index contributed by atoms with van der Waals surface area (Å²) in [4.78, 5) is 0.441. The van der Waals surface area contributed by atoms with Crippen LogP contribution < -0.4 is 0 Å². The van der Waals surface area contributed by atoms with Crippen molar-refractivity contribution in [2.75, 3.05) is 13.0 Å². The Bertz CT molecular complexity index is 536. The first kappa shape index (κ1) is 2.31. The molecule has 1 heteroatoms. The number of nitrogens with zero attached hydrogens (tertiary/aromatic N) is 1. The lowest BCUT2D eigenvalue weighted by Gasteiger charge is -2.41. The van der Waals surface area contributed by atoms with Crippen molar-refractivity contribution in [1.82, 2.24) is 4.90 Å². The minimum absolute atomic E-state index is 0.441. The summed E-state index contributed by atoms with van der Waals surface area (Å²) in [5, 5.41) is 0. The van der Waals surface area contributed by atoms with Crippen LogP contribution in [0.3, 0.4) is 0 Å². The lowest BCUT2D eigenvalue weighted by molar-refractivity contribution is 0.0736. The number of hydrogen-bond acceptors (Lipinski definition) is 1. The molecule has 2 atom stereocenters. The summed E-state index contributed by atoms with van der Waals surface area (Å²) in [5.41, 5.74) is -1.36. The normalized spacial score (nSPS) is 85.2. The number of fused-ring (bicyclic) bond motifs is 2. The predicted octanol–water partition coefficient (Wildman–Crippen LogP) is 2.52. The van der Waals surface area contributed by atoms with E-state index in [1.54, 1.807) is 0 Å². The summed E-state index contributed by atoms with van der Waals surface area (Å²) in [6.45, 7) is -2.28. The summed E-state index contributed by atoms with van der Waals surface area (Å²) in [5.74, 6) is -6.73. The summed E-state index contributed by atoms with van der Waals surface area (Å²) in [6, 6.07) is 0. The van der Waals surface area contributed by atoms with Gasteiger partial charge in [-0.3, -0.25) is 4.90 Å². The topological polar surface area (TPSA) is 3.24 Å². The Hall–Kier alpha value is -0.0400. The SMILES string of the molecule is [2H]C1([2H])N(C(C)(C)C)C([2H])([2H])C2([2H])C([2H])([2H])C([2H])([2H])C1([2H])C2([2H])[2H]. The van der Waals surface area contributed by atoms with E-state index in [-0.39, 0.29) is 0 Å². The van der Waals surface area contributed by atoms with Crippen LogP contribution in [0.4, 0.5) is 0 Å². The molecule has 1 saturated carbocycles. The van der Waals surface area contributed by atoms with E-state index in [2.05, 4.69) is 0 Å². The molecular formula is C11H21N. The van der Waals surface area contributed by atoms with Gasteiger partial charge in [-0.2, -0.15) is 0 Å². The molecule has 12 heavy (non-hydrogen) atoms. The maximum atomic E-state index is 8.39. The summed E-state index contributed by atoms with van der Waals surface area (Å²) in [7, 11) is 0. The Balaban J connectivity index is 3.08. The van der Waals surface area contributed by atoms with Crippen LogP contribution in [0.15, 0.2) is 0 Å². The molecule has 0 aromatic rings. The molecule has 2 bridgehead atoms. The molecule has 0 aromatic heterocycles. The second-order valence-corrected chi connectivity index (χ2v) is 3.85. The fourth-order valence-electron chi connectivity index (χ4n) is 1.01. The van der Waals surface area contributed by atoms with Gasteiger partial charge in [-0.15, -0.1) is 0 Å². The molecule has 2 unspecified atom stereocenters. The fourth-order valence-corrected chi connectivity index (χ4v) is 1.01. The van der Waals surface area contributed by atoms with Crippen LogP contribution in [0.2, 0.25) is 0 Å². The highest BCUT2D eigenvalue weighted by atomic mass is 15.2. The summed E-state index contributed by atoms with van der Waals surface area (Å²) < 4.78 is 98.3. The Morgan fingerprint density at radius 3 is 2.17 bits per heavy atom. The van der Waals surface area contributed by atoms with Crippen molar-refractivity contribution < 1.29 is 16.4 Å². The van der Waals surface area contributed by atoms with Crippen LogP contribution in [-0.4, -0.2) is 23.4 Å². The van der Waals surface area contributed by atoms with Crippen molar-refractivity contribution in [2.45, 2.75) is 45.4 Å². The van der Waals surface area contributed by atoms with Crippen molar-refractivity contribution in [2.24, 2.45) is 11.8 Å². The quantitative estimate of drug-likeness (QED) is 0.552. The van der Waals surface area contributed by atoms with Gasteiger partial charge in [0.05, 0.1) is 0 Å². The summed E-state index contributed by atoms with van der Waals surface area (Å²) in [6.07, 6.45) is -10.4. The van der Waals surface area contributed by atoms with E-state index in [1.165, 1.54) is 20.8 Å². The van der Waals surface area contributed by atoms with E-state index in [1.807, 2.05) is 0 Å². The van der Waals surface area contributed by atoms with Crippen LogP contribution in [0.1, 0.15) is 56.3 Å². The molecule has 2 aliphatic rings. The molecule has 2 rings (SSSR count). The number of hydrogen-bond donors (Lipinski definition) is 0. The minimum atomic E-state index is -3.46. The standard InChI is InChI=1S/C11H21N/c1-11(2,3)12-7-9-4-5-10(6-9)8-12/h9-10H,4-8H2,1-3H3/i4D2,5D2,6D2,7D2,8D2,9D,10D. The van der Waals surface area contributed by atoms with E-state index in [0.717, 1.165) is 0 Å². The third-order valence-corrected chi connectivity index (χ3v) is 1.68. The molecule has 2 fully saturated rings. The molecule has 1 saturated heterocycles. The Labute approximate surface area is 93.0 Å². The highest BCUT2D eigenvalue weighted by Crippen LogP contribution is 2.38. The fraction of sp³-hybridized carbons (Fsp3) is 1.00. The van der Waals surface area contributed by atoms with Gasteiger partial charge in [0, 0.05) is 35.0 Å². The molecule has 70 valence electrons. The molecule has 0 N–H and O–H groups in total. The van der Waals surface area contributed by atoms with Gasteiger partial charge in [-0.25, -0.2) is 0 Å². The predicted molar refractivity (Wildman–Crippen MR) is 52.2 cm³/mol. The summed E-state index contributed by atoms with van der Waals surface area (Å²) >= 11 is 0. The van der Waals surface area contributed by atoms with Gasteiger partial charge >= 0.3 is 0 Å². The minimum Gasteiger partial charge on any atom is -0.298 e. The Morgan fingerprint density at radius 1 is 1.25 bits per heavy atom. The zero-order valence-electron chi connectivity index (χ0n) is 19.4. The van der Waals surface area contributed by atoms with Crippen LogP contribution in [0, 0.1) is 11.8 Å². The molecule has 0 spiro atoms. The maximum absolute atomic E-state index is 8.39. The van der Waals surface area contributed by atoms with E-state index < -0.39 is 49.4 Å². The molecule has 1 nitrogen and oxygen atoms in total. The lowest BCUT2D eigenvalue weighted by Crippen LogP contribution is -2.47. The van der Waals surface area contributed by atoms with E-state index >= 15 is 0 Å². The van der Waals surface area contributed by atoms with E-state index in [4.69, 9.17) is 16.4 Å². The molecule has 0 amide bonds. The first-order valence-electron chi connectivity index (χ1n) is 9.92. The average Bonchev–Trinajstić information content (AvgIpc) is 2.35. The highest BCUT2D eigenvalue weighted by Gasteiger charge is 2.36. The molecule has 1 aliphatic heterocycles. The Morgan fingerprint density at radius 2 is 1.75 bits per heavy atom. The van der Waals surface area contributed by atoms with Crippen LogP contribution in [0.5, 0.6) is 0 Å².